The molecule has 1 aromatic carbocycles. The summed E-state index contributed by atoms with van der Waals surface area (Å²) in [6.45, 7) is 3.74. The van der Waals surface area contributed by atoms with Crippen molar-refractivity contribution in [3.8, 4) is 0 Å². The number of hydrazone groups is 1. The zero-order valence-corrected chi connectivity index (χ0v) is 15.8. The SMILES string of the molecule is C/C(Cn1nc([N+](=O)[O-])cc1C)=N\NC(=O)CCCc1c[nH]c2ccccc12. The van der Waals surface area contributed by atoms with Crippen LogP contribution in [0, 0.1) is 17.0 Å². The van der Waals surface area contributed by atoms with E-state index in [1.807, 2.05) is 24.4 Å². The van der Waals surface area contributed by atoms with Gasteiger partial charge in [0.15, 0.2) is 0 Å². The molecule has 0 saturated carbocycles. The van der Waals surface area contributed by atoms with Crippen LogP contribution in [0.15, 0.2) is 41.6 Å². The van der Waals surface area contributed by atoms with Crippen LogP contribution in [0.1, 0.15) is 31.0 Å². The van der Waals surface area contributed by atoms with E-state index in [9.17, 15) is 14.9 Å². The van der Waals surface area contributed by atoms with Gasteiger partial charge >= 0.3 is 5.82 Å². The molecule has 146 valence electrons. The van der Waals surface area contributed by atoms with Gasteiger partial charge in [-0.1, -0.05) is 18.2 Å². The molecule has 0 fully saturated rings. The molecule has 2 N–H and O–H groups in total. The zero-order valence-electron chi connectivity index (χ0n) is 15.8. The minimum atomic E-state index is -0.536. The number of aromatic nitrogens is 3. The molecule has 0 saturated heterocycles. The van der Waals surface area contributed by atoms with Gasteiger partial charge in [-0.2, -0.15) is 9.78 Å². The highest BCUT2D eigenvalue weighted by molar-refractivity contribution is 5.84. The number of nitro groups is 1. The van der Waals surface area contributed by atoms with Crippen molar-refractivity contribution in [1.29, 1.82) is 0 Å². The van der Waals surface area contributed by atoms with Crippen molar-refractivity contribution >= 4 is 28.3 Å². The fraction of sp³-hybridized carbons (Fsp3) is 0.316. The van der Waals surface area contributed by atoms with Crippen LogP contribution in [0.3, 0.4) is 0 Å². The van der Waals surface area contributed by atoms with E-state index >= 15 is 0 Å². The number of H-pyrrole nitrogens is 1. The molecule has 2 aromatic heterocycles. The molecule has 0 bridgehead atoms. The molecule has 0 aliphatic heterocycles. The van der Waals surface area contributed by atoms with Crippen molar-refractivity contribution in [2.24, 2.45) is 5.10 Å². The van der Waals surface area contributed by atoms with Crippen LogP contribution in [0.5, 0.6) is 0 Å². The van der Waals surface area contributed by atoms with E-state index in [2.05, 4.69) is 26.7 Å². The predicted octanol–water partition coefficient (Wildman–Crippen LogP) is 3.10. The van der Waals surface area contributed by atoms with E-state index in [1.165, 1.54) is 21.7 Å². The fourth-order valence-corrected chi connectivity index (χ4v) is 2.99. The molecule has 28 heavy (non-hydrogen) atoms. The molecule has 0 aliphatic rings. The number of carbonyl (C=O) groups is 1. The Morgan fingerprint density at radius 1 is 1.39 bits per heavy atom. The number of hydrogen-bond acceptors (Lipinski definition) is 5. The lowest BCUT2D eigenvalue weighted by atomic mass is 10.1. The zero-order chi connectivity index (χ0) is 20.1. The summed E-state index contributed by atoms with van der Waals surface area (Å²) in [5, 5.41) is 19.9. The molecular formula is C19H22N6O3. The number of aryl methyl sites for hydroxylation is 2. The van der Waals surface area contributed by atoms with Gasteiger partial charge < -0.3 is 15.1 Å². The Bertz CT molecular complexity index is 1030. The first-order valence-electron chi connectivity index (χ1n) is 9.00. The first-order chi connectivity index (χ1) is 13.4. The van der Waals surface area contributed by atoms with Crippen LogP contribution in [-0.4, -0.2) is 31.3 Å². The van der Waals surface area contributed by atoms with Gasteiger partial charge in [-0.05, 0) is 43.2 Å². The molecule has 0 unspecified atom stereocenters. The molecule has 9 heteroatoms. The van der Waals surface area contributed by atoms with Crippen LogP contribution in [0.2, 0.25) is 0 Å². The molecule has 9 nitrogen and oxygen atoms in total. The lowest BCUT2D eigenvalue weighted by molar-refractivity contribution is -0.389. The summed E-state index contributed by atoms with van der Waals surface area (Å²) < 4.78 is 1.49. The van der Waals surface area contributed by atoms with Gasteiger partial charge in [0.05, 0.1) is 22.6 Å². The highest BCUT2D eigenvalue weighted by Gasteiger charge is 2.15. The molecule has 3 aromatic rings. The minimum Gasteiger partial charge on any atom is -0.361 e. The third-order valence-corrected chi connectivity index (χ3v) is 4.43. The summed E-state index contributed by atoms with van der Waals surface area (Å²) in [4.78, 5) is 25.5. The maximum atomic E-state index is 12.0. The Morgan fingerprint density at radius 2 is 2.18 bits per heavy atom. The number of nitrogens with one attached hydrogen (secondary N) is 2. The Hall–Kier alpha value is -3.49. The normalized spacial score (nSPS) is 11.7. The van der Waals surface area contributed by atoms with Crippen LogP contribution in [0.25, 0.3) is 10.9 Å². The van der Waals surface area contributed by atoms with E-state index in [-0.39, 0.29) is 18.3 Å². The smallest absolute Gasteiger partial charge is 0.361 e. The summed E-state index contributed by atoms with van der Waals surface area (Å²) in [5.41, 5.74) is 6.08. The third-order valence-electron chi connectivity index (χ3n) is 4.43. The predicted molar refractivity (Wildman–Crippen MR) is 106 cm³/mol. The van der Waals surface area contributed by atoms with Crippen LogP contribution in [0.4, 0.5) is 5.82 Å². The van der Waals surface area contributed by atoms with Crippen LogP contribution < -0.4 is 5.43 Å². The molecule has 2 heterocycles. The maximum Gasteiger partial charge on any atom is 0.390 e. The summed E-state index contributed by atoms with van der Waals surface area (Å²) in [6, 6.07) is 9.48. The largest absolute Gasteiger partial charge is 0.390 e. The van der Waals surface area contributed by atoms with Crippen molar-refractivity contribution < 1.29 is 9.72 Å². The monoisotopic (exact) mass is 382 g/mol. The summed E-state index contributed by atoms with van der Waals surface area (Å²) in [7, 11) is 0. The van der Waals surface area contributed by atoms with Crippen molar-refractivity contribution in [3.05, 3.63) is 57.9 Å². The lowest BCUT2D eigenvalue weighted by Crippen LogP contribution is -2.20. The van der Waals surface area contributed by atoms with E-state index in [0.717, 1.165) is 11.9 Å². The average Bonchev–Trinajstić information content (AvgIpc) is 3.24. The third kappa shape index (κ3) is 4.61. The van der Waals surface area contributed by atoms with Gasteiger partial charge in [0.25, 0.3) is 0 Å². The van der Waals surface area contributed by atoms with E-state index in [1.54, 1.807) is 13.8 Å². The number of amides is 1. The topological polar surface area (TPSA) is 118 Å². The summed E-state index contributed by atoms with van der Waals surface area (Å²) in [5.74, 6) is -0.367. The van der Waals surface area contributed by atoms with Crippen molar-refractivity contribution in [1.82, 2.24) is 20.2 Å². The Labute approximate surface area is 161 Å². The van der Waals surface area contributed by atoms with Crippen molar-refractivity contribution in [3.63, 3.8) is 0 Å². The Morgan fingerprint density at radius 3 is 2.93 bits per heavy atom. The van der Waals surface area contributed by atoms with Gasteiger partial charge in [-0.15, -0.1) is 0 Å². The number of nitrogens with zero attached hydrogens (tertiary/aromatic N) is 4. The van der Waals surface area contributed by atoms with Gasteiger partial charge in [0, 0.05) is 23.5 Å². The van der Waals surface area contributed by atoms with Gasteiger partial charge in [0.1, 0.15) is 6.54 Å². The Balaban J connectivity index is 1.47. The number of aromatic amines is 1. The second-order valence-electron chi connectivity index (χ2n) is 6.65. The molecule has 0 aliphatic carbocycles. The molecule has 0 radical (unpaired) electrons. The molecule has 0 atom stereocenters. The van der Waals surface area contributed by atoms with Gasteiger partial charge in [-0.25, -0.2) is 5.43 Å². The second-order valence-corrected chi connectivity index (χ2v) is 6.65. The van der Waals surface area contributed by atoms with E-state index < -0.39 is 4.92 Å². The van der Waals surface area contributed by atoms with Gasteiger partial charge in [0.2, 0.25) is 5.91 Å². The van der Waals surface area contributed by atoms with Crippen LogP contribution in [-0.2, 0) is 17.8 Å². The molecule has 3 rings (SSSR count). The highest BCUT2D eigenvalue weighted by atomic mass is 16.6. The van der Waals surface area contributed by atoms with Crippen LogP contribution >= 0.6 is 0 Å². The number of benzene rings is 1. The molecule has 1 amide bonds. The Kier molecular flexibility index (Phi) is 5.83. The van der Waals surface area contributed by atoms with Crippen molar-refractivity contribution in [2.75, 3.05) is 0 Å². The molecule has 0 spiro atoms. The number of carbonyl (C=O) groups excluding carboxylic acids is 1. The summed E-state index contributed by atoms with van der Waals surface area (Å²) in [6.07, 6.45) is 3.86. The fourth-order valence-electron chi connectivity index (χ4n) is 2.99. The lowest BCUT2D eigenvalue weighted by Gasteiger charge is -2.03. The highest BCUT2D eigenvalue weighted by Crippen LogP contribution is 2.19. The first-order valence-corrected chi connectivity index (χ1v) is 9.00. The second kappa shape index (κ2) is 8.47. The number of hydrogen-bond donors (Lipinski definition) is 2. The quantitative estimate of drug-likeness (QED) is 0.353. The number of rotatable bonds is 8. The number of fused-ring (bicyclic) bond motifs is 1. The van der Waals surface area contributed by atoms with E-state index in [0.29, 0.717) is 24.2 Å². The summed E-state index contributed by atoms with van der Waals surface area (Å²) >= 11 is 0. The number of para-hydroxylation sites is 1. The maximum absolute atomic E-state index is 12.0. The standard InChI is InChI=1S/C19H22N6O3/c1-13(12-24-14(2)10-18(23-24)25(27)28)21-22-19(26)9-5-6-15-11-20-17-8-4-3-7-16(15)17/h3-4,7-8,10-11,20H,5-6,9,12H2,1-2H3,(H,22,26)/b21-13+. The first kappa shape index (κ1) is 19.3. The molecular weight excluding hydrogens is 360 g/mol. The average molecular weight is 382 g/mol. The minimum absolute atomic E-state index is 0.164. The van der Waals surface area contributed by atoms with Crippen molar-refractivity contribution in [2.45, 2.75) is 39.7 Å². The van der Waals surface area contributed by atoms with E-state index in [4.69, 9.17) is 0 Å². The van der Waals surface area contributed by atoms with Gasteiger partial charge in [-0.3, -0.25) is 4.79 Å².